The number of nitrogens with one attached hydrogen (secondary N) is 1. The van der Waals surface area contributed by atoms with Crippen LogP contribution in [0.5, 0.6) is 11.5 Å². The van der Waals surface area contributed by atoms with Crippen LogP contribution in [0, 0.1) is 0 Å². The number of carbonyl (C=O) groups is 1. The van der Waals surface area contributed by atoms with E-state index in [0.717, 1.165) is 37.2 Å². The van der Waals surface area contributed by atoms with Gasteiger partial charge in [0.2, 0.25) is 5.91 Å². The molecule has 1 fully saturated rings. The van der Waals surface area contributed by atoms with Crippen LogP contribution >= 0.6 is 0 Å². The quantitative estimate of drug-likeness (QED) is 0.498. The minimum absolute atomic E-state index is 0.149. The molecule has 4 rings (SSSR count). The molecular formula is C26H32N4O5. The lowest BCUT2D eigenvalue weighted by atomic mass is 10.1. The Morgan fingerprint density at radius 1 is 0.886 bits per heavy atom. The van der Waals surface area contributed by atoms with Crippen LogP contribution in [-0.2, 0) is 25.3 Å². The van der Waals surface area contributed by atoms with Crippen molar-refractivity contribution in [2.24, 2.45) is 14.1 Å². The van der Waals surface area contributed by atoms with Crippen molar-refractivity contribution in [3.05, 3.63) is 56.6 Å². The fraction of sp³-hybridized carbons (Fsp3) is 0.423. The summed E-state index contributed by atoms with van der Waals surface area (Å²) >= 11 is 0. The Morgan fingerprint density at radius 3 is 2.11 bits per heavy atom. The first kappa shape index (κ1) is 24.4. The molecular weight excluding hydrogens is 448 g/mol. The lowest BCUT2D eigenvalue weighted by molar-refractivity contribution is -0.115. The van der Waals surface area contributed by atoms with Crippen LogP contribution in [0.4, 0.5) is 11.4 Å². The van der Waals surface area contributed by atoms with E-state index in [2.05, 4.69) is 10.2 Å². The molecule has 2 aromatic carbocycles. The second kappa shape index (κ2) is 10.2. The summed E-state index contributed by atoms with van der Waals surface area (Å²) < 4.78 is 14.0. The van der Waals surface area contributed by atoms with Crippen molar-refractivity contribution in [3.8, 4) is 11.5 Å². The summed E-state index contributed by atoms with van der Waals surface area (Å²) in [6.45, 7) is 6.56. The largest absolute Gasteiger partial charge is 0.490 e. The lowest BCUT2D eigenvalue weighted by Crippen LogP contribution is -2.39. The number of amides is 1. The van der Waals surface area contributed by atoms with Crippen LogP contribution in [0.3, 0.4) is 0 Å². The zero-order valence-corrected chi connectivity index (χ0v) is 20.7. The molecule has 0 bridgehead atoms. The minimum atomic E-state index is -0.607. The SMILES string of the molecule is CCOc1ccc(CC(=O)Nc2cc3c(cc2N2CCCC2)n(C)c(=O)c(=O)n3C)cc1OCC. The van der Waals surface area contributed by atoms with Gasteiger partial charge in [-0.1, -0.05) is 6.07 Å². The minimum Gasteiger partial charge on any atom is -0.490 e. The van der Waals surface area contributed by atoms with Gasteiger partial charge in [-0.05, 0) is 56.5 Å². The molecule has 0 aliphatic carbocycles. The smallest absolute Gasteiger partial charge is 0.316 e. The predicted octanol–water partition coefficient (Wildman–Crippen LogP) is 2.82. The Morgan fingerprint density at radius 2 is 1.49 bits per heavy atom. The topological polar surface area (TPSA) is 94.8 Å². The molecule has 0 spiro atoms. The van der Waals surface area contributed by atoms with Gasteiger partial charge in [-0.3, -0.25) is 14.4 Å². The Hall–Kier alpha value is -3.75. The highest BCUT2D eigenvalue weighted by Gasteiger charge is 2.21. The van der Waals surface area contributed by atoms with Crippen molar-refractivity contribution >= 4 is 28.3 Å². The van der Waals surface area contributed by atoms with Gasteiger partial charge in [0.15, 0.2) is 11.5 Å². The van der Waals surface area contributed by atoms with Crippen LogP contribution in [-0.4, -0.2) is 41.3 Å². The number of rotatable bonds is 8. The molecule has 1 aromatic heterocycles. The average Bonchev–Trinajstić information content (AvgIpc) is 3.38. The van der Waals surface area contributed by atoms with Crippen molar-refractivity contribution in [1.29, 1.82) is 0 Å². The van der Waals surface area contributed by atoms with E-state index in [1.165, 1.54) is 9.13 Å². The standard InChI is InChI=1S/C26H32N4O5/c1-5-34-22-10-9-17(13-23(22)35-6-2)14-24(31)27-18-15-20-21(16-19(18)30-11-7-8-12-30)29(4)26(33)25(32)28(20)3/h9-10,13,15-16H,5-8,11-12,14H2,1-4H3,(H,27,31). The molecule has 1 aliphatic rings. The second-order valence-corrected chi connectivity index (χ2v) is 8.65. The van der Waals surface area contributed by atoms with E-state index < -0.39 is 11.1 Å². The van der Waals surface area contributed by atoms with Crippen molar-refractivity contribution in [2.45, 2.75) is 33.1 Å². The summed E-state index contributed by atoms with van der Waals surface area (Å²) in [7, 11) is 3.17. The average molecular weight is 481 g/mol. The lowest BCUT2D eigenvalue weighted by Gasteiger charge is -2.23. The molecule has 1 saturated heterocycles. The molecule has 0 atom stereocenters. The van der Waals surface area contributed by atoms with Gasteiger partial charge in [-0.2, -0.15) is 0 Å². The Labute approximate surface area is 203 Å². The molecule has 0 saturated carbocycles. The Balaban J connectivity index is 1.69. The van der Waals surface area contributed by atoms with Crippen LogP contribution in [0.25, 0.3) is 11.0 Å². The predicted molar refractivity (Wildman–Crippen MR) is 137 cm³/mol. The zero-order chi connectivity index (χ0) is 25.1. The van der Waals surface area contributed by atoms with Gasteiger partial charge in [0.25, 0.3) is 0 Å². The van der Waals surface area contributed by atoms with E-state index in [-0.39, 0.29) is 12.3 Å². The molecule has 0 radical (unpaired) electrons. The molecule has 35 heavy (non-hydrogen) atoms. The molecule has 2 heterocycles. The molecule has 1 amide bonds. The summed E-state index contributed by atoms with van der Waals surface area (Å²) in [6.07, 6.45) is 2.27. The van der Waals surface area contributed by atoms with E-state index >= 15 is 0 Å². The number of nitrogens with zero attached hydrogens (tertiary/aromatic N) is 3. The summed E-state index contributed by atoms with van der Waals surface area (Å²) in [6, 6.07) is 9.18. The Bertz CT molecular complexity index is 1370. The maximum atomic E-state index is 13.1. The van der Waals surface area contributed by atoms with Crippen molar-refractivity contribution in [3.63, 3.8) is 0 Å². The monoisotopic (exact) mass is 480 g/mol. The number of hydrogen-bond acceptors (Lipinski definition) is 6. The third-order valence-electron chi connectivity index (χ3n) is 6.30. The van der Waals surface area contributed by atoms with E-state index in [1.807, 2.05) is 38.1 Å². The third kappa shape index (κ3) is 4.89. The summed E-state index contributed by atoms with van der Waals surface area (Å²) in [5.74, 6) is 1.07. The molecule has 0 unspecified atom stereocenters. The van der Waals surface area contributed by atoms with Crippen molar-refractivity contribution < 1.29 is 14.3 Å². The molecule has 1 N–H and O–H groups in total. The molecule has 1 aliphatic heterocycles. The number of benzene rings is 2. The molecule has 186 valence electrons. The molecule has 9 nitrogen and oxygen atoms in total. The van der Waals surface area contributed by atoms with Crippen LogP contribution in [0.15, 0.2) is 39.9 Å². The van der Waals surface area contributed by atoms with E-state index in [1.54, 1.807) is 20.2 Å². The normalized spacial score (nSPS) is 13.3. The highest BCUT2D eigenvalue weighted by Crippen LogP contribution is 2.33. The van der Waals surface area contributed by atoms with E-state index in [9.17, 15) is 14.4 Å². The second-order valence-electron chi connectivity index (χ2n) is 8.65. The van der Waals surface area contributed by atoms with Crippen LogP contribution < -0.4 is 30.8 Å². The fourth-order valence-corrected chi connectivity index (χ4v) is 4.51. The Kier molecular flexibility index (Phi) is 7.14. The van der Waals surface area contributed by atoms with Crippen molar-refractivity contribution in [2.75, 3.05) is 36.5 Å². The number of hydrogen-bond donors (Lipinski definition) is 1. The first-order valence-electron chi connectivity index (χ1n) is 12.0. The van der Waals surface area contributed by atoms with Gasteiger partial charge in [0.1, 0.15) is 0 Å². The first-order valence-corrected chi connectivity index (χ1v) is 12.0. The zero-order valence-electron chi connectivity index (χ0n) is 20.7. The summed E-state index contributed by atoms with van der Waals surface area (Å²) in [4.78, 5) is 40.1. The van der Waals surface area contributed by atoms with Gasteiger partial charge in [0.05, 0.1) is 42.0 Å². The van der Waals surface area contributed by atoms with Gasteiger partial charge in [-0.15, -0.1) is 0 Å². The summed E-state index contributed by atoms with van der Waals surface area (Å²) in [5, 5.41) is 3.04. The summed E-state index contributed by atoms with van der Waals surface area (Å²) in [5.41, 5.74) is 2.30. The molecule has 3 aromatic rings. The van der Waals surface area contributed by atoms with E-state index in [4.69, 9.17) is 9.47 Å². The number of aromatic nitrogens is 2. The van der Waals surface area contributed by atoms with Gasteiger partial charge in [-0.25, -0.2) is 0 Å². The van der Waals surface area contributed by atoms with Gasteiger partial charge < -0.3 is 28.8 Å². The number of anilines is 2. The van der Waals surface area contributed by atoms with Gasteiger partial charge >= 0.3 is 11.1 Å². The number of aryl methyl sites for hydroxylation is 2. The van der Waals surface area contributed by atoms with Crippen LogP contribution in [0.1, 0.15) is 32.3 Å². The highest BCUT2D eigenvalue weighted by atomic mass is 16.5. The fourth-order valence-electron chi connectivity index (χ4n) is 4.51. The highest BCUT2D eigenvalue weighted by molar-refractivity contribution is 5.99. The third-order valence-corrected chi connectivity index (χ3v) is 6.30. The number of ether oxygens (including phenoxy) is 2. The van der Waals surface area contributed by atoms with Gasteiger partial charge in [0, 0.05) is 27.2 Å². The maximum absolute atomic E-state index is 13.1. The number of carbonyl (C=O) groups excluding carboxylic acids is 1. The van der Waals surface area contributed by atoms with E-state index in [0.29, 0.717) is 41.4 Å². The van der Waals surface area contributed by atoms with Crippen molar-refractivity contribution in [1.82, 2.24) is 9.13 Å². The molecule has 9 heteroatoms. The maximum Gasteiger partial charge on any atom is 0.316 e. The number of fused-ring (bicyclic) bond motifs is 1. The van der Waals surface area contributed by atoms with Crippen LogP contribution in [0.2, 0.25) is 0 Å². The first-order chi connectivity index (χ1) is 16.8.